The predicted octanol–water partition coefficient (Wildman–Crippen LogP) is 1.27. The monoisotopic (exact) mass is 226 g/mol. The first-order valence-electron chi connectivity index (χ1n) is 5.42. The van der Waals surface area contributed by atoms with Crippen LogP contribution in [-0.4, -0.2) is 34.9 Å². The minimum atomic E-state index is -0.0342. The molecule has 0 amide bonds. The van der Waals surface area contributed by atoms with Crippen molar-refractivity contribution in [3.8, 4) is 11.9 Å². The molecule has 5 nitrogen and oxygen atoms in total. The van der Waals surface area contributed by atoms with Crippen molar-refractivity contribution >= 4 is 0 Å². The largest absolute Gasteiger partial charge is 0.475 e. The number of nitrogens with zero attached hydrogens (tertiary/aromatic N) is 2. The first kappa shape index (κ1) is 12.7. The molecule has 0 aliphatic carbocycles. The number of rotatable bonds is 7. The van der Waals surface area contributed by atoms with Crippen LogP contribution in [0.4, 0.5) is 0 Å². The second kappa shape index (κ2) is 7.00. The Balaban J connectivity index is 2.40. The Bertz CT molecular complexity index is 305. The van der Waals surface area contributed by atoms with Gasteiger partial charge in [0, 0.05) is 12.3 Å². The third-order valence-corrected chi connectivity index (χ3v) is 1.88. The fourth-order valence-electron chi connectivity index (χ4n) is 1.01. The maximum atomic E-state index is 8.60. The Morgan fingerprint density at radius 1 is 1.31 bits per heavy atom. The maximum Gasteiger partial charge on any atom is 0.319 e. The second-order valence-electron chi connectivity index (χ2n) is 3.78. The van der Waals surface area contributed by atoms with Crippen molar-refractivity contribution in [2.24, 2.45) is 5.92 Å². The highest BCUT2D eigenvalue weighted by Gasteiger charge is 2.01. The van der Waals surface area contributed by atoms with Gasteiger partial charge in [-0.1, -0.05) is 13.8 Å². The lowest BCUT2D eigenvalue weighted by Gasteiger charge is -2.07. The number of aliphatic hydroxyl groups excluding tert-OH is 1. The van der Waals surface area contributed by atoms with Crippen molar-refractivity contribution in [2.75, 3.05) is 19.8 Å². The van der Waals surface area contributed by atoms with Gasteiger partial charge in [0.25, 0.3) is 0 Å². The van der Waals surface area contributed by atoms with E-state index in [1.54, 1.807) is 12.3 Å². The fraction of sp³-hybridized carbons (Fsp3) is 0.636. The molecular weight excluding hydrogens is 208 g/mol. The molecule has 0 spiro atoms. The highest BCUT2D eigenvalue weighted by Crippen LogP contribution is 2.10. The lowest BCUT2D eigenvalue weighted by Crippen LogP contribution is -2.06. The second-order valence-corrected chi connectivity index (χ2v) is 3.78. The van der Waals surface area contributed by atoms with Crippen molar-refractivity contribution in [3.63, 3.8) is 0 Å². The highest BCUT2D eigenvalue weighted by molar-refractivity contribution is 5.10. The fourth-order valence-corrected chi connectivity index (χ4v) is 1.01. The predicted molar refractivity (Wildman–Crippen MR) is 59.6 cm³/mol. The van der Waals surface area contributed by atoms with Gasteiger partial charge in [-0.3, -0.25) is 0 Å². The van der Waals surface area contributed by atoms with Crippen molar-refractivity contribution in [2.45, 2.75) is 20.3 Å². The zero-order valence-electron chi connectivity index (χ0n) is 9.72. The molecule has 0 saturated carbocycles. The van der Waals surface area contributed by atoms with Gasteiger partial charge in [-0.05, 0) is 12.3 Å². The third kappa shape index (κ3) is 4.93. The van der Waals surface area contributed by atoms with Gasteiger partial charge in [0.05, 0.1) is 13.2 Å². The third-order valence-electron chi connectivity index (χ3n) is 1.88. The SMILES string of the molecule is CC(C)CCOc1nccc(OCCO)n1. The summed E-state index contributed by atoms with van der Waals surface area (Å²) in [5.41, 5.74) is 0. The molecule has 16 heavy (non-hydrogen) atoms. The van der Waals surface area contributed by atoms with Gasteiger partial charge in [0.2, 0.25) is 5.88 Å². The molecule has 1 heterocycles. The van der Waals surface area contributed by atoms with Crippen LogP contribution in [0.1, 0.15) is 20.3 Å². The minimum absolute atomic E-state index is 0.0342. The normalized spacial score (nSPS) is 10.5. The molecule has 0 bridgehead atoms. The standard InChI is InChI=1S/C11H18N2O3/c1-9(2)4-7-16-11-12-5-3-10(13-11)15-8-6-14/h3,5,9,14H,4,6-8H2,1-2H3. The van der Waals surface area contributed by atoms with Gasteiger partial charge < -0.3 is 14.6 Å². The van der Waals surface area contributed by atoms with Gasteiger partial charge in [-0.25, -0.2) is 4.98 Å². The molecule has 0 aromatic carbocycles. The van der Waals surface area contributed by atoms with Crippen LogP contribution in [0.5, 0.6) is 11.9 Å². The van der Waals surface area contributed by atoms with Crippen LogP contribution >= 0.6 is 0 Å². The lowest BCUT2D eigenvalue weighted by atomic mass is 10.1. The summed E-state index contributed by atoms with van der Waals surface area (Å²) in [7, 11) is 0. The summed E-state index contributed by atoms with van der Waals surface area (Å²) in [6, 6.07) is 1.95. The highest BCUT2D eigenvalue weighted by atomic mass is 16.5. The Morgan fingerprint density at radius 3 is 2.81 bits per heavy atom. The topological polar surface area (TPSA) is 64.5 Å². The van der Waals surface area contributed by atoms with Crippen molar-refractivity contribution in [1.29, 1.82) is 0 Å². The first-order chi connectivity index (χ1) is 7.72. The zero-order chi connectivity index (χ0) is 11.8. The van der Waals surface area contributed by atoms with Crippen LogP contribution in [0.3, 0.4) is 0 Å². The molecule has 0 fully saturated rings. The molecule has 1 aromatic rings. The molecule has 0 unspecified atom stereocenters. The number of hydrogen-bond acceptors (Lipinski definition) is 5. The van der Waals surface area contributed by atoms with Crippen LogP contribution in [0.15, 0.2) is 12.3 Å². The van der Waals surface area contributed by atoms with Gasteiger partial charge in [-0.2, -0.15) is 4.98 Å². The number of hydrogen-bond donors (Lipinski definition) is 1. The molecule has 1 rings (SSSR count). The van der Waals surface area contributed by atoms with Crippen molar-refractivity contribution < 1.29 is 14.6 Å². The zero-order valence-corrected chi connectivity index (χ0v) is 9.72. The molecule has 0 aliphatic rings. The average molecular weight is 226 g/mol. The maximum absolute atomic E-state index is 8.60. The van der Waals surface area contributed by atoms with Crippen LogP contribution in [0.2, 0.25) is 0 Å². The smallest absolute Gasteiger partial charge is 0.319 e. The summed E-state index contributed by atoms with van der Waals surface area (Å²) in [4.78, 5) is 8.01. The number of ether oxygens (including phenoxy) is 2. The molecule has 1 N–H and O–H groups in total. The van der Waals surface area contributed by atoms with E-state index in [4.69, 9.17) is 14.6 Å². The molecule has 90 valence electrons. The van der Waals surface area contributed by atoms with Crippen molar-refractivity contribution in [1.82, 2.24) is 9.97 Å². The summed E-state index contributed by atoms with van der Waals surface area (Å²) >= 11 is 0. The Kier molecular flexibility index (Phi) is 5.56. The van der Waals surface area contributed by atoms with E-state index in [2.05, 4.69) is 23.8 Å². The minimum Gasteiger partial charge on any atom is -0.475 e. The molecule has 0 saturated heterocycles. The molecule has 0 atom stereocenters. The Labute approximate surface area is 95.4 Å². The van der Waals surface area contributed by atoms with Crippen LogP contribution in [-0.2, 0) is 0 Å². The van der Waals surface area contributed by atoms with E-state index in [1.807, 2.05) is 0 Å². The van der Waals surface area contributed by atoms with Crippen LogP contribution < -0.4 is 9.47 Å². The summed E-state index contributed by atoms with van der Waals surface area (Å²) in [6.07, 6.45) is 2.54. The summed E-state index contributed by atoms with van der Waals surface area (Å²) < 4.78 is 10.5. The Hall–Kier alpha value is -1.36. The van der Waals surface area contributed by atoms with Gasteiger partial charge >= 0.3 is 6.01 Å². The van der Waals surface area contributed by atoms with Gasteiger partial charge in [0.15, 0.2) is 0 Å². The molecule has 1 aromatic heterocycles. The molecular formula is C11H18N2O3. The summed E-state index contributed by atoms with van der Waals surface area (Å²) in [6.45, 7) is 5.05. The van der Waals surface area contributed by atoms with Gasteiger partial charge in [-0.15, -0.1) is 0 Å². The van der Waals surface area contributed by atoms with E-state index in [1.165, 1.54) is 0 Å². The Morgan fingerprint density at radius 2 is 2.12 bits per heavy atom. The number of aliphatic hydroxyl groups is 1. The average Bonchev–Trinajstić information content (AvgIpc) is 2.26. The molecule has 0 radical (unpaired) electrons. The van der Waals surface area contributed by atoms with E-state index < -0.39 is 0 Å². The van der Waals surface area contributed by atoms with E-state index in [-0.39, 0.29) is 13.2 Å². The summed E-state index contributed by atoms with van der Waals surface area (Å²) in [5.74, 6) is 1.01. The molecule has 5 heteroatoms. The summed E-state index contributed by atoms with van der Waals surface area (Å²) in [5, 5.41) is 8.60. The van der Waals surface area contributed by atoms with Crippen molar-refractivity contribution in [3.05, 3.63) is 12.3 Å². The van der Waals surface area contributed by atoms with E-state index in [0.29, 0.717) is 24.4 Å². The van der Waals surface area contributed by atoms with Crippen LogP contribution in [0, 0.1) is 5.92 Å². The lowest BCUT2D eigenvalue weighted by molar-refractivity contribution is 0.193. The quantitative estimate of drug-likeness (QED) is 0.758. The van der Waals surface area contributed by atoms with E-state index in [0.717, 1.165) is 6.42 Å². The molecule has 0 aliphatic heterocycles. The first-order valence-corrected chi connectivity index (χ1v) is 5.42. The van der Waals surface area contributed by atoms with Crippen LogP contribution in [0.25, 0.3) is 0 Å². The number of aromatic nitrogens is 2. The van der Waals surface area contributed by atoms with E-state index in [9.17, 15) is 0 Å². The van der Waals surface area contributed by atoms with Gasteiger partial charge in [0.1, 0.15) is 6.61 Å². The van der Waals surface area contributed by atoms with E-state index >= 15 is 0 Å².